The molecule has 0 N–H and O–H groups in total. The molecule has 82 valence electrons. The summed E-state index contributed by atoms with van der Waals surface area (Å²) >= 11 is 0. The second-order valence-corrected chi connectivity index (χ2v) is 3.48. The van der Waals surface area contributed by atoms with E-state index in [0.29, 0.717) is 18.5 Å². The molecule has 0 fully saturated rings. The van der Waals surface area contributed by atoms with Crippen LogP contribution in [-0.2, 0) is 4.79 Å². The van der Waals surface area contributed by atoms with Gasteiger partial charge in [-0.2, -0.15) is 5.26 Å². The van der Waals surface area contributed by atoms with Gasteiger partial charge in [-0.25, -0.2) is 0 Å². The fourth-order valence-electron chi connectivity index (χ4n) is 1.35. The van der Waals surface area contributed by atoms with Gasteiger partial charge in [0, 0.05) is 17.8 Å². The number of anilines is 1. The van der Waals surface area contributed by atoms with Gasteiger partial charge < -0.3 is 4.90 Å². The number of carbonyl (C=O) groups excluding carboxylic acids is 1. The number of para-hydroxylation sites is 1. The Labute approximate surface area is 95.6 Å². The minimum atomic E-state index is -0.138. The summed E-state index contributed by atoms with van der Waals surface area (Å²) in [6, 6.07) is 11.3. The molecule has 0 aliphatic rings. The summed E-state index contributed by atoms with van der Waals surface area (Å²) in [5.41, 5.74) is 1.27. The van der Waals surface area contributed by atoms with Gasteiger partial charge in [-0.15, -0.1) is 0 Å². The van der Waals surface area contributed by atoms with E-state index < -0.39 is 0 Å². The lowest BCUT2D eigenvalue weighted by atomic mass is 10.2. The summed E-state index contributed by atoms with van der Waals surface area (Å²) in [5.74, 6) is -0.138. The van der Waals surface area contributed by atoms with Crippen LogP contribution >= 0.6 is 0 Å². The molecule has 0 unspecified atom stereocenters. The molecule has 1 aromatic carbocycles. The van der Waals surface area contributed by atoms with Gasteiger partial charge in [-0.3, -0.25) is 4.79 Å². The van der Waals surface area contributed by atoms with E-state index in [1.54, 1.807) is 11.8 Å². The maximum absolute atomic E-state index is 11.9. The molecule has 0 radical (unpaired) electrons. The van der Waals surface area contributed by atoms with Crippen LogP contribution in [0.3, 0.4) is 0 Å². The molecule has 0 atom stereocenters. The number of amides is 1. The minimum absolute atomic E-state index is 0.138. The summed E-state index contributed by atoms with van der Waals surface area (Å²) < 4.78 is 0. The molecular weight excluding hydrogens is 200 g/mol. The van der Waals surface area contributed by atoms with Crippen LogP contribution in [0.2, 0.25) is 0 Å². The van der Waals surface area contributed by atoms with Crippen molar-refractivity contribution in [2.75, 3.05) is 11.4 Å². The van der Waals surface area contributed by atoms with Crippen molar-refractivity contribution < 1.29 is 4.79 Å². The van der Waals surface area contributed by atoms with Crippen molar-refractivity contribution in [3.8, 4) is 6.07 Å². The molecule has 0 bridgehead atoms. The Morgan fingerprint density at radius 2 is 2.06 bits per heavy atom. The van der Waals surface area contributed by atoms with Gasteiger partial charge in [-0.05, 0) is 19.1 Å². The average Bonchev–Trinajstić information content (AvgIpc) is 2.30. The molecule has 3 nitrogen and oxygen atoms in total. The lowest BCUT2D eigenvalue weighted by Crippen LogP contribution is -2.32. The third-order valence-electron chi connectivity index (χ3n) is 2.13. The quantitative estimate of drug-likeness (QED) is 0.723. The second-order valence-electron chi connectivity index (χ2n) is 3.48. The summed E-state index contributed by atoms with van der Waals surface area (Å²) in [5, 5.41) is 8.57. The molecule has 0 aromatic heterocycles. The molecule has 3 heteroatoms. The van der Waals surface area contributed by atoms with Crippen LogP contribution < -0.4 is 4.90 Å². The third kappa shape index (κ3) is 2.96. The lowest BCUT2D eigenvalue weighted by Gasteiger charge is -2.21. The number of nitrogens with zero attached hydrogens (tertiary/aromatic N) is 2. The average molecular weight is 214 g/mol. The topological polar surface area (TPSA) is 44.1 Å². The number of benzene rings is 1. The van der Waals surface area contributed by atoms with E-state index >= 15 is 0 Å². The summed E-state index contributed by atoms with van der Waals surface area (Å²) in [6.45, 7) is 5.70. The fraction of sp³-hybridized carbons (Fsp3) is 0.231. The van der Waals surface area contributed by atoms with E-state index in [1.807, 2.05) is 36.4 Å². The van der Waals surface area contributed by atoms with Crippen LogP contribution in [0.5, 0.6) is 0 Å². The lowest BCUT2D eigenvalue weighted by molar-refractivity contribution is -0.115. The fourth-order valence-corrected chi connectivity index (χ4v) is 1.35. The van der Waals surface area contributed by atoms with Crippen LogP contribution in [0.4, 0.5) is 5.69 Å². The van der Waals surface area contributed by atoms with Crippen molar-refractivity contribution in [2.24, 2.45) is 0 Å². The van der Waals surface area contributed by atoms with Crippen molar-refractivity contribution >= 4 is 11.6 Å². The van der Waals surface area contributed by atoms with Gasteiger partial charge in [0.15, 0.2) is 0 Å². The smallest absolute Gasteiger partial charge is 0.253 e. The first-order valence-corrected chi connectivity index (χ1v) is 5.06. The highest BCUT2D eigenvalue weighted by molar-refractivity contribution is 6.04. The highest BCUT2D eigenvalue weighted by Crippen LogP contribution is 2.15. The molecule has 16 heavy (non-hydrogen) atoms. The van der Waals surface area contributed by atoms with Crippen molar-refractivity contribution in [3.63, 3.8) is 0 Å². The van der Waals surface area contributed by atoms with E-state index in [2.05, 4.69) is 6.58 Å². The van der Waals surface area contributed by atoms with Crippen LogP contribution in [-0.4, -0.2) is 12.5 Å². The van der Waals surface area contributed by atoms with Crippen LogP contribution in [0.1, 0.15) is 13.3 Å². The van der Waals surface area contributed by atoms with E-state index in [4.69, 9.17) is 5.26 Å². The van der Waals surface area contributed by atoms with E-state index in [-0.39, 0.29) is 5.91 Å². The Kier molecular flexibility index (Phi) is 4.28. The first-order valence-electron chi connectivity index (χ1n) is 5.06. The molecule has 0 aliphatic heterocycles. The molecule has 1 rings (SSSR count). The van der Waals surface area contributed by atoms with E-state index in [0.717, 1.165) is 5.69 Å². The number of hydrogen-bond acceptors (Lipinski definition) is 2. The molecule has 0 aliphatic carbocycles. The van der Waals surface area contributed by atoms with Crippen LogP contribution in [0.25, 0.3) is 0 Å². The maximum atomic E-state index is 11.9. The Morgan fingerprint density at radius 1 is 1.44 bits per heavy atom. The van der Waals surface area contributed by atoms with Gasteiger partial charge in [-0.1, -0.05) is 24.8 Å². The first kappa shape index (κ1) is 12.0. The van der Waals surface area contributed by atoms with Gasteiger partial charge in [0.1, 0.15) is 0 Å². The zero-order chi connectivity index (χ0) is 12.0. The van der Waals surface area contributed by atoms with Gasteiger partial charge in [0.25, 0.3) is 5.91 Å². The van der Waals surface area contributed by atoms with Crippen molar-refractivity contribution in [1.82, 2.24) is 0 Å². The third-order valence-corrected chi connectivity index (χ3v) is 2.13. The minimum Gasteiger partial charge on any atom is -0.308 e. The predicted molar refractivity (Wildman–Crippen MR) is 63.8 cm³/mol. The van der Waals surface area contributed by atoms with E-state index in [1.165, 1.54) is 0 Å². The second kappa shape index (κ2) is 5.72. The monoisotopic (exact) mass is 214 g/mol. The molecule has 0 saturated carbocycles. The van der Waals surface area contributed by atoms with Crippen LogP contribution in [0, 0.1) is 11.3 Å². The Morgan fingerprint density at radius 3 is 2.56 bits per heavy atom. The standard InChI is InChI=1S/C13H14N2O/c1-11(2)13(16)15(10-6-9-14)12-7-4-3-5-8-12/h3-5,7-8H,1,6,10H2,2H3. The molecule has 1 aromatic rings. The highest BCUT2D eigenvalue weighted by atomic mass is 16.2. The molecule has 1 amide bonds. The highest BCUT2D eigenvalue weighted by Gasteiger charge is 2.15. The molecule has 0 saturated heterocycles. The maximum Gasteiger partial charge on any atom is 0.253 e. The van der Waals surface area contributed by atoms with Gasteiger partial charge >= 0.3 is 0 Å². The largest absolute Gasteiger partial charge is 0.308 e. The zero-order valence-electron chi connectivity index (χ0n) is 9.31. The van der Waals surface area contributed by atoms with Crippen molar-refractivity contribution in [1.29, 1.82) is 5.26 Å². The van der Waals surface area contributed by atoms with Gasteiger partial charge in [0.2, 0.25) is 0 Å². The van der Waals surface area contributed by atoms with Crippen molar-refractivity contribution in [2.45, 2.75) is 13.3 Å². The normalized spacial score (nSPS) is 9.25. The number of hydrogen-bond donors (Lipinski definition) is 0. The predicted octanol–water partition coefficient (Wildman–Crippen LogP) is 2.51. The van der Waals surface area contributed by atoms with Crippen molar-refractivity contribution in [3.05, 3.63) is 42.5 Å². The SMILES string of the molecule is C=C(C)C(=O)N(CCC#N)c1ccccc1. The van der Waals surface area contributed by atoms with Gasteiger partial charge in [0.05, 0.1) is 12.5 Å². The summed E-state index contributed by atoms with van der Waals surface area (Å²) in [4.78, 5) is 13.4. The summed E-state index contributed by atoms with van der Waals surface area (Å²) in [6.07, 6.45) is 0.313. The summed E-state index contributed by atoms with van der Waals surface area (Å²) in [7, 11) is 0. The Balaban J connectivity index is 2.93. The zero-order valence-corrected chi connectivity index (χ0v) is 9.31. The first-order chi connectivity index (χ1) is 7.66. The van der Waals surface area contributed by atoms with Crippen LogP contribution in [0.15, 0.2) is 42.5 Å². The number of carbonyl (C=O) groups is 1. The molecule has 0 heterocycles. The number of rotatable bonds is 4. The van der Waals surface area contributed by atoms with E-state index in [9.17, 15) is 4.79 Å². The Hall–Kier alpha value is -2.08. The number of nitriles is 1. The molecular formula is C13H14N2O. The Bertz CT molecular complexity index is 417. The molecule has 0 spiro atoms.